The summed E-state index contributed by atoms with van der Waals surface area (Å²) in [7, 11) is 4.12. The highest BCUT2D eigenvalue weighted by Gasteiger charge is 2.28. The number of hydrogen-bond donors (Lipinski definition) is 2. The molecule has 1 saturated heterocycles. The van der Waals surface area contributed by atoms with E-state index in [0.29, 0.717) is 5.41 Å². The Bertz CT molecular complexity index is 383. The van der Waals surface area contributed by atoms with E-state index in [-0.39, 0.29) is 0 Å². The highest BCUT2D eigenvalue weighted by molar-refractivity contribution is 5.53. The molecule has 0 spiro atoms. The third-order valence-corrected chi connectivity index (χ3v) is 3.94. The van der Waals surface area contributed by atoms with Crippen LogP contribution in [0.3, 0.4) is 0 Å². The molecule has 1 fully saturated rings. The molecule has 0 bridgehead atoms. The number of nitrogens with one attached hydrogen (secondary N) is 2. The minimum absolute atomic E-state index is 0.405. The Kier molecular flexibility index (Phi) is 4.07. The summed E-state index contributed by atoms with van der Waals surface area (Å²) in [6.45, 7) is 5.80. The van der Waals surface area contributed by atoms with Gasteiger partial charge in [-0.1, -0.05) is 6.92 Å². The van der Waals surface area contributed by atoms with E-state index < -0.39 is 0 Å². The molecule has 0 saturated carbocycles. The van der Waals surface area contributed by atoms with Crippen molar-refractivity contribution in [3.8, 4) is 0 Å². The van der Waals surface area contributed by atoms with Crippen LogP contribution in [0.4, 0.5) is 11.4 Å². The van der Waals surface area contributed by atoms with E-state index in [2.05, 4.69) is 40.6 Å². The van der Waals surface area contributed by atoms with Crippen LogP contribution in [-0.4, -0.2) is 43.6 Å². The monoisotopic (exact) mass is 248 g/mol. The first-order valence-corrected chi connectivity index (χ1v) is 6.66. The predicted octanol–water partition coefficient (Wildman–Crippen LogP) is 2.27. The molecular weight excluding hydrogens is 224 g/mol. The Morgan fingerprint density at radius 3 is 2.61 bits per heavy atom. The molecule has 2 heterocycles. The standard InChI is InChI=1S/C14H24N4/c1-14(4-6-18(3)7-5-14)11-17-13-8-12(15-2)9-16-10-13/h8-10,15,17H,4-7,11H2,1-3H3. The Hall–Kier alpha value is -1.29. The Morgan fingerprint density at radius 2 is 1.94 bits per heavy atom. The van der Waals surface area contributed by atoms with Crippen LogP contribution in [-0.2, 0) is 0 Å². The van der Waals surface area contributed by atoms with Crippen molar-refractivity contribution < 1.29 is 0 Å². The van der Waals surface area contributed by atoms with Gasteiger partial charge in [-0.25, -0.2) is 0 Å². The molecule has 0 aromatic carbocycles. The lowest BCUT2D eigenvalue weighted by Crippen LogP contribution is -2.40. The maximum Gasteiger partial charge on any atom is 0.0547 e. The number of nitrogens with zero attached hydrogens (tertiary/aromatic N) is 2. The fraction of sp³-hybridized carbons (Fsp3) is 0.643. The molecule has 0 amide bonds. The summed E-state index contributed by atoms with van der Waals surface area (Å²) in [5.74, 6) is 0. The topological polar surface area (TPSA) is 40.2 Å². The van der Waals surface area contributed by atoms with Gasteiger partial charge in [0, 0.05) is 13.6 Å². The zero-order valence-corrected chi connectivity index (χ0v) is 11.7. The van der Waals surface area contributed by atoms with Gasteiger partial charge in [-0.3, -0.25) is 4.98 Å². The largest absolute Gasteiger partial charge is 0.387 e. The van der Waals surface area contributed by atoms with Gasteiger partial charge >= 0.3 is 0 Å². The van der Waals surface area contributed by atoms with Crippen molar-refractivity contribution >= 4 is 11.4 Å². The minimum Gasteiger partial charge on any atom is -0.387 e. The molecule has 0 radical (unpaired) electrons. The van der Waals surface area contributed by atoms with Crippen molar-refractivity contribution in [2.75, 3.05) is 44.4 Å². The number of aromatic nitrogens is 1. The molecular formula is C14H24N4. The highest BCUT2D eigenvalue weighted by atomic mass is 15.1. The molecule has 0 unspecified atom stereocenters. The smallest absolute Gasteiger partial charge is 0.0547 e. The number of hydrogen-bond acceptors (Lipinski definition) is 4. The maximum atomic E-state index is 4.22. The minimum atomic E-state index is 0.405. The van der Waals surface area contributed by atoms with E-state index in [1.807, 2.05) is 19.4 Å². The Morgan fingerprint density at radius 1 is 1.28 bits per heavy atom. The molecule has 1 aromatic rings. The summed E-state index contributed by atoms with van der Waals surface area (Å²) in [6.07, 6.45) is 6.24. The van der Waals surface area contributed by atoms with Crippen LogP contribution >= 0.6 is 0 Å². The summed E-state index contributed by atoms with van der Waals surface area (Å²) in [4.78, 5) is 6.63. The summed E-state index contributed by atoms with van der Waals surface area (Å²) in [5.41, 5.74) is 2.55. The van der Waals surface area contributed by atoms with E-state index in [1.165, 1.54) is 25.9 Å². The average molecular weight is 248 g/mol. The first-order chi connectivity index (χ1) is 8.61. The van der Waals surface area contributed by atoms with Gasteiger partial charge in [0.1, 0.15) is 0 Å². The van der Waals surface area contributed by atoms with Crippen molar-refractivity contribution in [2.45, 2.75) is 19.8 Å². The number of pyridine rings is 1. The Labute approximate surface area is 110 Å². The second-order valence-electron chi connectivity index (χ2n) is 5.68. The molecule has 2 N–H and O–H groups in total. The van der Waals surface area contributed by atoms with Crippen molar-refractivity contribution in [1.29, 1.82) is 0 Å². The van der Waals surface area contributed by atoms with Gasteiger partial charge < -0.3 is 15.5 Å². The number of piperidine rings is 1. The van der Waals surface area contributed by atoms with Crippen LogP contribution in [0.2, 0.25) is 0 Å². The second-order valence-corrected chi connectivity index (χ2v) is 5.68. The average Bonchev–Trinajstić information content (AvgIpc) is 2.41. The molecule has 1 aromatic heterocycles. The lowest BCUT2D eigenvalue weighted by Gasteiger charge is -2.38. The Balaban J connectivity index is 1.90. The fourth-order valence-corrected chi connectivity index (χ4v) is 2.32. The van der Waals surface area contributed by atoms with Crippen molar-refractivity contribution in [2.24, 2.45) is 5.41 Å². The first-order valence-electron chi connectivity index (χ1n) is 6.66. The molecule has 1 aliphatic heterocycles. The quantitative estimate of drug-likeness (QED) is 0.857. The third-order valence-electron chi connectivity index (χ3n) is 3.94. The van der Waals surface area contributed by atoms with Crippen LogP contribution in [0.5, 0.6) is 0 Å². The van der Waals surface area contributed by atoms with Crippen LogP contribution in [0.25, 0.3) is 0 Å². The lowest BCUT2D eigenvalue weighted by atomic mass is 9.80. The molecule has 2 rings (SSSR count). The molecule has 18 heavy (non-hydrogen) atoms. The van der Waals surface area contributed by atoms with Crippen LogP contribution < -0.4 is 10.6 Å². The number of anilines is 2. The van der Waals surface area contributed by atoms with E-state index in [4.69, 9.17) is 0 Å². The van der Waals surface area contributed by atoms with Crippen LogP contribution in [0.15, 0.2) is 18.5 Å². The van der Waals surface area contributed by atoms with E-state index in [0.717, 1.165) is 17.9 Å². The fourth-order valence-electron chi connectivity index (χ4n) is 2.32. The number of rotatable bonds is 4. The zero-order valence-electron chi connectivity index (χ0n) is 11.7. The maximum absolute atomic E-state index is 4.22. The molecule has 0 atom stereocenters. The van der Waals surface area contributed by atoms with E-state index in [1.54, 1.807) is 0 Å². The highest BCUT2D eigenvalue weighted by Crippen LogP contribution is 2.30. The van der Waals surface area contributed by atoms with Crippen LogP contribution in [0, 0.1) is 5.41 Å². The summed E-state index contributed by atoms with van der Waals surface area (Å²) >= 11 is 0. The van der Waals surface area contributed by atoms with Crippen molar-refractivity contribution in [3.05, 3.63) is 18.5 Å². The summed E-state index contributed by atoms with van der Waals surface area (Å²) < 4.78 is 0. The summed E-state index contributed by atoms with van der Waals surface area (Å²) in [5, 5.41) is 6.63. The van der Waals surface area contributed by atoms with Crippen molar-refractivity contribution in [3.63, 3.8) is 0 Å². The molecule has 0 aliphatic carbocycles. The SMILES string of the molecule is CNc1cncc(NCC2(C)CCN(C)CC2)c1. The van der Waals surface area contributed by atoms with Gasteiger partial charge in [-0.05, 0) is 44.5 Å². The van der Waals surface area contributed by atoms with E-state index >= 15 is 0 Å². The third kappa shape index (κ3) is 3.35. The molecule has 100 valence electrons. The lowest BCUT2D eigenvalue weighted by molar-refractivity contribution is 0.150. The van der Waals surface area contributed by atoms with Gasteiger partial charge in [-0.15, -0.1) is 0 Å². The van der Waals surface area contributed by atoms with Gasteiger partial charge in [0.05, 0.1) is 23.8 Å². The number of likely N-dealkylation sites (tertiary alicyclic amines) is 1. The molecule has 4 nitrogen and oxygen atoms in total. The molecule has 1 aliphatic rings. The van der Waals surface area contributed by atoms with Gasteiger partial charge in [-0.2, -0.15) is 0 Å². The van der Waals surface area contributed by atoms with Crippen molar-refractivity contribution in [1.82, 2.24) is 9.88 Å². The molecule has 4 heteroatoms. The van der Waals surface area contributed by atoms with E-state index in [9.17, 15) is 0 Å². The summed E-state index contributed by atoms with van der Waals surface area (Å²) in [6, 6.07) is 2.10. The van der Waals surface area contributed by atoms with Crippen LogP contribution in [0.1, 0.15) is 19.8 Å². The van der Waals surface area contributed by atoms with Gasteiger partial charge in [0.15, 0.2) is 0 Å². The van der Waals surface area contributed by atoms with Gasteiger partial charge in [0.2, 0.25) is 0 Å². The predicted molar refractivity (Wildman–Crippen MR) is 77.1 cm³/mol. The normalized spacial score (nSPS) is 19.5. The first kappa shape index (κ1) is 13.1. The zero-order chi connectivity index (χ0) is 13.0. The van der Waals surface area contributed by atoms with Gasteiger partial charge in [0.25, 0.3) is 0 Å². The second kappa shape index (κ2) is 5.57.